The average molecular weight is 367 g/mol. The first kappa shape index (κ1) is 19.2. The number of nitro groups is 1. The van der Waals surface area contributed by atoms with E-state index in [0.29, 0.717) is 5.69 Å². The van der Waals surface area contributed by atoms with Gasteiger partial charge in [-0.05, 0) is 0 Å². The zero-order valence-corrected chi connectivity index (χ0v) is 14.0. The molecule has 0 saturated carbocycles. The van der Waals surface area contributed by atoms with E-state index in [0.717, 1.165) is 14.8 Å². The van der Waals surface area contributed by atoms with E-state index in [4.69, 9.17) is 10.2 Å². The van der Waals surface area contributed by atoms with Gasteiger partial charge in [0, 0.05) is 0 Å². The predicted octanol–water partition coefficient (Wildman–Crippen LogP) is 1.13. The quantitative estimate of drug-likeness (QED) is 0.364. The maximum absolute atomic E-state index is 11.1. The van der Waals surface area contributed by atoms with Crippen molar-refractivity contribution in [3.63, 3.8) is 0 Å². The van der Waals surface area contributed by atoms with Crippen molar-refractivity contribution in [3.8, 4) is 0 Å². The van der Waals surface area contributed by atoms with Gasteiger partial charge in [-0.2, -0.15) is 0 Å². The summed E-state index contributed by atoms with van der Waals surface area (Å²) in [6, 6.07) is 5.20. The van der Waals surface area contributed by atoms with E-state index in [1.807, 2.05) is 6.07 Å². The number of halogens is 1. The van der Waals surface area contributed by atoms with Crippen molar-refractivity contribution in [1.82, 2.24) is 0 Å². The van der Waals surface area contributed by atoms with Crippen LogP contribution in [0.15, 0.2) is 18.2 Å². The first-order valence-corrected chi connectivity index (χ1v) is 9.72. The fourth-order valence-electron chi connectivity index (χ4n) is 1.80. The average Bonchev–Trinajstić information content (AvgIpc) is 2.42. The SMILES string of the molecule is CC[As](CCO)c1ccc(NCCO)c([N+](=O)[O-])c1.Cl. The molecule has 114 valence electrons. The van der Waals surface area contributed by atoms with E-state index in [1.165, 1.54) is 0 Å². The monoisotopic (exact) mass is 366 g/mol. The zero-order valence-electron chi connectivity index (χ0n) is 11.3. The van der Waals surface area contributed by atoms with Crippen LogP contribution in [0.3, 0.4) is 0 Å². The third-order valence-corrected chi connectivity index (χ3v) is 7.99. The fraction of sp³-hybridized carbons (Fsp3) is 0.500. The Kier molecular flexibility index (Phi) is 9.59. The molecule has 0 aliphatic heterocycles. The van der Waals surface area contributed by atoms with Crippen molar-refractivity contribution in [2.24, 2.45) is 0 Å². The van der Waals surface area contributed by atoms with Crippen LogP contribution in [0.2, 0.25) is 10.4 Å². The van der Waals surface area contributed by atoms with Crippen LogP contribution >= 0.6 is 12.4 Å². The van der Waals surface area contributed by atoms with Gasteiger partial charge in [-0.3, -0.25) is 0 Å². The molecule has 8 heteroatoms. The molecule has 0 bridgehead atoms. The van der Waals surface area contributed by atoms with Crippen molar-refractivity contribution in [2.45, 2.75) is 17.3 Å². The van der Waals surface area contributed by atoms with Crippen LogP contribution in [0.1, 0.15) is 6.92 Å². The maximum Gasteiger partial charge on any atom is -0.147 e. The molecule has 0 saturated heterocycles. The fourth-order valence-corrected chi connectivity index (χ4v) is 5.51. The molecule has 3 N–H and O–H groups in total. The Labute approximate surface area is 129 Å². The van der Waals surface area contributed by atoms with Gasteiger partial charge in [0.1, 0.15) is 0 Å². The number of aliphatic hydroxyl groups is 2. The molecule has 6 nitrogen and oxygen atoms in total. The van der Waals surface area contributed by atoms with Crippen molar-refractivity contribution in [3.05, 3.63) is 28.3 Å². The van der Waals surface area contributed by atoms with Crippen LogP contribution in [0.5, 0.6) is 0 Å². The summed E-state index contributed by atoms with van der Waals surface area (Å²) in [6.45, 7) is 2.40. The van der Waals surface area contributed by atoms with Crippen LogP contribution in [0.4, 0.5) is 11.4 Å². The number of benzene rings is 1. The smallest absolute Gasteiger partial charge is 0.147 e. The molecule has 0 aliphatic carbocycles. The van der Waals surface area contributed by atoms with Gasteiger partial charge in [0.05, 0.1) is 0 Å². The third kappa shape index (κ3) is 5.29. The van der Waals surface area contributed by atoms with E-state index in [-0.39, 0.29) is 37.9 Å². The second kappa shape index (κ2) is 9.99. The van der Waals surface area contributed by atoms with Gasteiger partial charge in [0.25, 0.3) is 0 Å². The molecule has 1 unspecified atom stereocenters. The molecule has 0 fully saturated rings. The summed E-state index contributed by atoms with van der Waals surface area (Å²) in [5.74, 6) is 0. The Hall–Kier alpha value is -0.812. The summed E-state index contributed by atoms with van der Waals surface area (Å²) >= 11 is -1.39. The summed E-state index contributed by atoms with van der Waals surface area (Å²) in [4.78, 5) is 10.7. The molecule has 1 rings (SSSR count). The van der Waals surface area contributed by atoms with E-state index in [2.05, 4.69) is 12.2 Å². The molecule has 0 heterocycles. The topological polar surface area (TPSA) is 95.6 Å². The van der Waals surface area contributed by atoms with Crippen LogP contribution in [-0.2, 0) is 0 Å². The zero-order chi connectivity index (χ0) is 14.3. The summed E-state index contributed by atoms with van der Waals surface area (Å²) in [6.07, 6.45) is 0. The van der Waals surface area contributed by atoms with Gasteiger partial charge in [-0.15, -0.1) is 12.4 Å². The van der Waals surface area contributed by atoms with Crippen molar-refractivity contribution < 1.29 is 15.1 Å². The number of anilines is 1. The molecule has 1 aromatic carbocycles. The van der Waals surface area contributed by atoms with E-state index in [1.54, 1.807) is 12.1 Å². The number of hydrogen-bond acceptors (Lipinski definition) is 5. The number of nitrogens with zero attached hydrogens (tertiary/aromatic N) is 1. The minimum absolute atomic E-state index is 0. The van der Waals surface area contributed by atoms with Gasteiger partial charge in [0.2, 0.25) is 0 Å². The molecule has 0 amide bonds. The van der Waals surface area contributed by atoms with Crippen LogP contribution < -0.4 is 9.67 Å². The summed E-state index contributed by atoms with van der Waals surface area (Å²) < 4.78 is 1.00. The van der Waals surface area contributed by atoms with Crippen molar-refractivity contribution in [1.29, 1.82) is 0 Å². The Morgan fingerprint density at radius 1 is 1.35 bits per heavy atom. The molecule has 0 radical (unpaired) electrons. The van der Waals surface area contributed by atoms with Gasteiger partial charge in [-0.25, -0.2) is 0 Å². The van der Waals surface area contributed by atoms with Crippen molar-refractivity contribution >= 4 is 42.8 Å². The molecular weight excluding hydrogens is 347 g/mol. The number of rotatable bonds is 8. The standard InChI is InChI=1S/C12H19AsN2O4.ClH/c1-2-13(5-7-16)10-3-4-11(14-6-8-17)12(9-10)15(18)19;/h3-4,9,14,16-17H,2,5-8H2,1H3;1H. The molecule has 20 heavy (non-hydrogen) atoms. The Bertz CT molecular complexity index is 434. The minimum Gasteiger partial charge on any atom is -0.147 e. The molecular formula is C12H20AsClN2O4. The van der Waals surface area contributed by atoms with Gasteiger partial charge in [0.15, 0.2) is 0 Å². The molecule has 0 aromatic heterocycles. The Morgan fingerprint density at radius 3 is 2.55 bits per heavy atom. The van der Waals surface area contributed by atoms with Gasteiger partial charge in [-0.1, -0.05) is 0 Å². The second-order valence-corrected chi connectivity index (χ2v) is 9.53. The number of aliphatic hydroxyl groups excluding tert-OH is 2. The van der Waals surface area contributed by atoms with Crippen LogP contribution in [-0.4, -0.2) is 49.5 Å². The van der Waals surface area contributed by atoms with E-state index in [9.17, 15) is 10.1 Å². The summed E-state index contributed by atoms with van der Waals surface area (Å²) in [5, 5.41) is 33.4. The molecule has 1 aromatic rings. The number of hydrogen-bond donors (Lipinski definition) is 3. The summed E-state index contributed by atoms with van der Waals surface area (Å²) in [7, 11) is 0. The summed E-state index contributed by atoms with van der Waals surface area (Å²) in [5.41, 5.74) is 0.466. The number of nitro benzene ring substituents is 1. The normalized spacial score (nSPS) is 11.6. The van der Waals surface area contributed by atoms with E-state index < -0.39 is 19.6 Å². The maximum atomic E-state index is 11.1. The van der Waals surface area contributed by atoms with Crippen molar-refractivity contribution in [2.75, 3.05) is 25.1 Å². The van der Waals surface area contributed by atoms with Crippen LogP contribution in [0.25, 0.3) is 0 Å². The third-order valence-electron chi connectivity index (χ3n) is 2.72. The predicted molar refractivity (Wildman–Crippen MR) is 83.7 cm³/mol. The first-order valence-electron chi connectivity index (χ1n) is 6.13. The second-order valence-electron chi connectivity index (χ2n) is 3.91. The first-order chi connectivity index (χ1) is 9.13. The van der Waals surface area contributed by atoms with Crippen LogP contribution in [0, 0.1) is 10.1 Å². The van der Waals surface area contributed by atoms with Gasteiger partial charge >= 0.3 is 116 Å². The van der Waals surface area contributed by atoms with E-state index >= 15 is 0 Å². The van der Waals surface area contributed by atoms with Gasteiger partial charge < -0.3 is 0 Å². The number of nitrogens with one attached hydrogen (secondary N) is 1. The Morgan fingerprint density at radius 2 is 2.05 bits per heavy atom. The molecule has 0 spiro atoms. The minimum atomic E-state index is -1.39. The molecule has 1 atom stereocenters. The molecule has 0 aliphatic rings. The largest absolute Gasteiger partial charge is 0.147 e. The Balaban J connectivity index is 0.00000361.